The van der Waals surface area contributed by atoms with Crippen LogP contribution in [0.1, 0.15) is 0 Å². The quantitative estimate of drug-likeness (QED) is 0.198. The maximum atomic E-state index is 5.31. The molecule has 2 heterocycles. The maximum Gasteiger partial charge on any atom is 0.0974 e. The highest BCUT2D eigenvalue weighted by molar-refractivity contribution is 6.38. The molecule has 45 heavy (non-hydrogen) atoms. The van der Waals surface area contributed by atoms with Crippen molar-refractivity contribution in [2.45, 2.75) is 0 Å². The van der Waals surface area contributed by atoms with E-state index >= 15 is 0 Å². The van der Waals surface area contributed by atoms with Crippen LogP contribution in [0.3, 0.4) is 0 Å². The van der Waals surface area contributed by atoms with Crippen molar-refractivity contribution >= 4 is 65.2 Å². The summed E-state index contributed by atoms with van der Waals surface area (Å²) in [5.74, 6) is 0. The summed E-state index contributed by atoms with van der Waals surface area (Å²) in [5.41, 5.74) is 9.17. The van der Waals surface area contributed by atoms with Gasteiger partial charge in [0.1, 0.15) is 0 Å². The number of hydrogen-bond donors (Lipinski definition) is 0. The van der Waals surface area contributed by atoms with Crippen molar-refractivity contribution in [3.05, 3.63) is 152 Å². The third-order valence-electron chi connectivity index (χ3n) is 9.29. The lowest BCUT2D eigenvalue weighted by molar-refractivity contribution is 1.18. The maximum absolute atomic E-state index is 5.31. The van der Waals surface area contributed by atoms with Crippen molar-refractivity contribution in [2.24, 2.45) is 0 Å². The molecule has 2 aromatic heterocycles. The molecule has 0 saturated carbocycles. The summed E-state index contributed by atoms with van der Waals surface area (Å²) in [6.07, 6.45) is 0. The average Bonchev–Trinajstić information content (AvgIpc) is 3.45. The largest absolute Gasteiger partial charge is 0.309 e. The van der Waals surface area contributed by atoms with E-state index < -0.39 is 0 Å². The molecule has 0 spiro atoms. The van der Waals surface area contributed by atoms with Crippen molar-refractivity contribution in [1.82, 2.24) is 14.5 Å². The zero-order valence-corrected chi connectivity index (χ0v) is 24.3. The summed E-state index contributed by atoms with van der Waals surface area (Å²) < 4.78 is 2.42. The standard InChI is InChI=1S/C42H25N3/c1-3-13-27(14-4-1)41-42(44-35-20-10-9-19-34(35)43-41)28-24-33-31-23-22-26-12-7-8-17-30(26)38(31)32-18-11-21-36-39(32)40(33)37(25-28)45(36)29-15-5-2-6-16-29/h1-25H. The number of nitrogens with zero attached hydrogens (tertiary/aromatic N) is 3. The van der Waals surface area contributed by atoms with Gasteiger partial charge in [-0.05, 0) is 74.8 Å². The fourth-order valence-electron chi connectivity index (χ4n) is 7.38. The minimum Gasteiger partial charge on any atom is -0.309 e. The third kappa shape index (κ3) is 3.46. The Morgan fingerprint density at radius 3 is 1.82 bits per heavy atom. The van der Waals surface area contributed by atoms with E-state index in [4.69, 9.17) is 9.97 Å². The molecule has 0 radical (unpaired) electrons. The van der Waals surface area contributed by atoms with Crippen molar-refractivity contribution in [3.8, 4) is 28.2 Å². The Morgan fingerprint density at radius 1 is 0.378 bits per heavy atom. The molecule has 10 rings (SSSR count). The van der Waals surface area contributed by atoms with Crippen LogP contribution in [0.5, 0.6) is 0 Å². The van der Waals surface area contributed by atoms with Gasteiger partial charge in [-0.25, -0.2) is 9.97 Å². The van der Waals surface area contributed by atoms with Gasteiger partial charge < -0.3 is 4.57 Å². The minimum atomic E-state index is 0.885. The summed E-state index contributed by atoms with van der Waals surface area (Å²) >= 11 is 0. The Morgan fingerprint density at radius 2 is 1.02 bits per heavy atom. The number of hydrogen-bond acceptors (Lipinski definition) is 2. The Balaban J connectivity index is 1.44. The highest BCUT2D eigenvalue weighted by Crippen LogP contribution is 2.47. The normalized spacial score (nSPS) is 12.0. The third-order valence-corrected chi connectivity index (χ3v) is 9.29. The number of rotatable bonds is 3. The fourth-order valence-corrected chi connectivity index (χ4v) is 7.38. The van der Waals surface area contributed by atoms with Gasteiger partial charge >= 0.3 is 0 Å². The van der Waals surface area contributed by atoms with Crippen LogP contribution in [0.15, 0.2) is 152 Å². The lowest BCUT2D eigenvalue weighted by atomic mass is 9.90. The van der Waals surface area contributed by atoms with Crippen molar-refractivity contribution < 1.29 is 0 Å². The molecule has 0 fully saturated rings. The highest BCUT2D eigenvalue weighted by Gasteiger charge is 2.23. The predicted octanol–water partition coefficient (Wildman–Crippen LogP) is 11.0. The van der Waals surface area contributed by atoms with Gasteiger partial charge in [0, 0.05) is 27.6 Å². The first-order valence-electron chi connectivity index (χ1n) is 15.4. The van der Waals surface area contributed by atoms with Gasteiger partial charge in [-0.1, -0.05) is 109 Å². The van der Waals surface area contributed by atoms with Crippen LogP contribution < -0.4 is 0 Å². The molecule has 208 valence electrons. The van der Waals surface area contributed by atoms with Crippen LogP contribution in [-0.4, -0.2) is 14.5 Å². The lowest BCUT2D eigenvalue weighted by Gasteiger charge is -2.15. The fraction of sp³-hybridized carbons (Fsp3) is 0. The van der Waals surface area contributed by atoms with Crippen molar-refractivity contribution in [3.63, 3.8) is 0 Å². The molecule has 0 unspecified atom stereocenters. The first-order valence-corrected chi connectivity index (χ1v) is 15.4. The van der Waals surface area contributed by atoms with Gasteiger partial charge in [0.2, 0.25) is 0 Å². The van der Waals surface area contributed by atoms with Crippen LogP contribution >= 0.6 is 0 Å². The van der Waals surface area contributed by atoms with Crippen molar-refractivity contribution in [1.29, 1.82) is 0 Å². The molecule has 0 amide bonds. The van der Waals surface area contributed by atoms with Gasteiger partial charge in [-0.2, -0.15) is 0 Å². The van der Waals surface area contributed by atoms with Crippen LogP contribution in [0.2, 0.25) is 0 Å². The smallest absolute Gasteiger partial charge is 0.0974 e. The van der Waals surface area contributed by atoms with Crippen LogP contribution in [0, 0.1) is 0 Å². The topological polar surface area (TPSA) is 30.7 Å². The second-order valence-corrected chi connectivity index (χ2v) is 11.8. The van der Waals surface area contributed by atoms with Gasteiger partial charge in [-0.15, -0.1) is 0 Å². The van der Waals surface area contributed by atoms with E-state index in [9.17, 15) is 0 Å². The average molecular weight is 572 g/mol. The van der Waals surface area contributed by atoms with E-state index in [-0.39, 0.29) is 0 Å². The molecule has 8 aromatic carbocycles. The molecule has 0 saturated heterocycles. The van der Waals surface area contributed by atoms with Gasteiger partial charge in [0.25, 0.3) is 0 Å². The first kappa shape index (κ1) is 24.4. The summed E-state index contributed by atoms with van der Waals surface area (Å²) in [5, 5.41) is 10.2. The second kappa shape index (κ2) is 9.22. The zero-order chi connectivity index (χ0) is 29.5. The number of para-hydroxylation sites is 3. The Kier molecular flexibility index (Phi) is 5.00. The van der Waals surface area contributed by atoms with E-state index in [2.05, 4.69) is 132 Å². The molecule has 3 heteroatoms. The summed E-state index contributed by atoms with van der Waals surface area (Å²) in [6, 6.07) is 54.0. The van der Waals surface area contributed by atoms with Gasteiger partial charge in [-0.3, -0.25) is 0 Å². The first-order chi connectivity index (χ1) is 22.3. The SMILES string of the molecule is c1ccc(-c2nc3ccccc3nc2-c2cc3c4ccc5ccccc5c4c4cccc5c4c3c(c2)n5-c2ccccc2)cc1. The monoisotopic (exact) mass is 571 g/mol. The summed E-state index contributed by atoms with van der Waals surface area (Å²) in [4.78, 5) is 10.5. The Labute approximate surface area is 259 Å². The molecule has 0 aliphatic heterocycles. The molecule has 0 N–H and O–H groups in total. The van der Waals surface area contributed by atoms with Crippen molar-refractivity contribution in [2.75, 3.05) is 0 Å². The molecule has 0 atom stereocenters. The lowest BCUT2D eigenvalue weighted by Crippen LogP contribution is -1.97. The van der Waals surface area contributed by atoms with Crippen LogP contribution in [0.25, 0.3) is 93.4 Å². The van der Waals surface area contributed by atoms with Gasteiger partial charge in [0.15, 0.2) is 0 Å². The zero-order valence-electron chi connectivity index (χ0n) is 24.3. The van der Waals surface area contributed by atoms with E-state index in [1.165, 1.54) is 54.1 Å². The van der Waals surface area contributed by atoms with E-state index in [1.54, 1.807) is 0 Å². The Hall–Kier alpha value is -6.06. The van der Waals surface area contributed by atoms with Crippen LogP contribution in [-0.2, 0) is 0 Å². The van der Waals surface area contributed by atoms with E-state index in [1.807, 2.05) is 24.3 Å². The summed E-state index contributed by atoms with van der Waals surface area (Å²) in [6.45, 7) is 0. The second-order valence-electron chi connectivity index (χ2n) is 11.8. The minimum absolute atomic E-state index is 0.885. The highest BCUT2D eigenvalue weighted by atomic mass is 15.0. The molecule has 0 aliphatic rings. The van der Waals surface area contributed by atoms with E-state index in [0.29, 0.717) is 0 Å². The molecule has 10 aromatic rings. The van der Waals surface area contributed by atoms with Crippen LogP contribution in [0.4, 0.5) is 0 Å². The number of benzene rings is 8. The van der Waals surface area contributed by atoms with Gasteiger partial charge in [0.05, 0.1) is 33.5 Å². The Bertz CT molecular complexity index is 2740. The molecular weight excluding hydrogens is 546 g/mol. The molecule has 0 aliphatic carbocycles. The summed E-state index contributed by atoms with van der Waals surface area (Å²) in [7, 11) is 0. The predicted molar refractivity (Wildman–Crippen MR) is 188 cm³/mol. The van der Waals surface area contributed by atoms with E-state index in [0.717, 1.165) is 39.2 Å². The molecule has 0 bridgehead atoms. The number of fused-ring (bicyclic) bond motifs is 6. The molecule has 3 nitrogen and oxygen atoms in total. The number of aromatic nitrogens is 3. The molecular formula is C42H25N3.